The summed E-state index contributed by atoms with van der Waals surface area (Å²) in [4.78, 5) is 11.6. The van der Waals surface area contributed by atoms with E-state index in [0.717, 1.165) is 12.1 Å². The van der Waals surface area contributed by atoms with Gasteiger partial charge in [-0.05, 0) is 29.8 Å². The number of carbonyl (C=O) groups is 1. The minimum absolute atomic E-state index is 0.279. The van der Waals surface area contributed by atoms with Crippen LogP contribution in [0.2, 0.25) is 0 Å². The van der Waals surface area contributed by atoms with Gasteiger partial charge >= 0.3 is 0 Å². The van der Waals surface area contributed by atoms with Crippen molar-refractivity contribution >= 4 is 27.7 Å². The predicted molar refractivity (Wildman–Crippen MR) is 96.6 cm³/mol. The number of aromatic nitrogens is 1. The molecule has 0 saturated carbocycles. The molecule has 0 fully saturated rings. The zero-order valence-electron chi connectivity index (χ0n) is 13.1. The number of nitrogen functional groups attached to an aromatic ring is 1. The molecule has 118 valence electrons. The second-order valence-electron chi connectivity index (χ2n) is 5.79. The fourth-order valence-electron chi connectivity index (χ4n) is 3.20. The van der Waals surface area contributed by atoms with Crippen LogP contribution in [0.4, 0.5) is 0 Å². The predicted octanol–water partition coefficient (Wildman–Crippen LogP) is 3.45. The highest BCUT2D eigenvalue weighted by molar-refractivity contribution is 6.08. The first-order chi connectivity index (χ1) is 11.8. The molecular formula is C20H17N3O. The molecule has 1 heterocycles. The maximum Gasteiger partial charge on any atom is 0.265 e. The first-order valence-electron chi connectivity index (χ1n) is 7.84. The summed E-state index contributed by atoms with van der Waals surface area (Å²) in [5.74, 6) is 4.89. The van der Waals surface area contributed by atoms with Gasteiger partial charge in [0.15, 0.2) is 0 Å². The average Bonchev–Trinajstić information content (AvgIpc) is 2.96. The van der Waals surface area contributed by atoms with Crippen LogP contribution in [0, 0.1) is 0 Å². The summed E-state index contributed by atoms with van der Waals surface area (Å²) < 4.78 is 2.31. The van der Waals surface area contributed by atoms with E-state index in [2.05, 4.69) is 58.5 Å². The van der Waals surface area contributed by atoms with E-state index < -0.39 is 0 Å². The molecule has 1 aromatic heterocycles. The highest BCUT2D eigenvalue weighted by Crippen LogP contribution is 2.29. The number of nitrogens with two attached hydrogens (primary N) is 1. The van der Waals surface area contributed by atoms with Gasteiger partial charge in [-0.25, -0.2) is 5.84 Å². The molecule has 0 aliphatic heterocycles. The van der Waals surface area contributed by atoms with Crippen molar-refractivity contribution in [2.24, 2.45) is 5.84 Å². The third-order valence-electron chi connectivity index (χ3n) is 4.37. The van der Waals surface area contributed by atoms with E-state index in [1.165, 1.54) is 21.8 Å². The zero-order chi connectivity index (χ0) is 16.5. The van der Waals surface area contributed by atoms with E-state index in [-0.39, 0.29) is 5.91 Å². The Bertz CT molecular complexity index is 979. The summed E-state index contributed by atoms with van der Waals surface area (Å²) in [6, 6.07) is 24.4. The van der Waals surface area contributed by atoms with Crippen molar-refractivity contribution in [3.05, 3.63) is 83.9 Å². The number of nitrogens with zero attached hydrogens (tertiary/aromatic N) is 1. The van der Waals surface area contributed by atoms with Crippen LogP contribution >= 0.6 is 0 Å². The van der Waals surface area contributed by atoms with Gasteiger partial charge in [-0.1, -0.05) is 48.5 Å². The molecule has 3 aromatic carbocycles. The Hall–Kier alpha value is -3.11. The lowest BCUT2D eigenvalue weighted by Crippen LogP contribution is -2.29. The van der Waals surface area contributed by atoms with Crippen LogP contribution in [0.15, 0.2) is 72.8 Å². The quantitative estimate of drug-likeness (QED) is 0.345. The molecule has 0 unspecified atom stereocenters. The van der Waals surface area contributed by atoms with Crippen molar-refractivity contribution in [1.82, 2.24) is 9.99 Å². The maximum absolute atomic E-state index is 11.6. The van der Waals surface area contributed by atoms with Crippen LogP contribution < -0.4 is 11.3 Å². The van der Waals surface area contributed by atoms with Gasteiger partial charge in [0.25, 0.3) is 5.91 Å². The number of para-hydroxylation sites is 2. The summed E-state index contributed by atoms with van der Waals surface area (Å²) in [5, 5.41) is 2.51. The Morgan fingerprint density at radius 3 is 1.92 bits per heavy atom. The monoisotopic (exact) mass is 315 g/mol. The summed E-state index contributed by atoms with van der Waals surface area (Å²) in [6.45, 7) is 0.749. The van der Waals surface area contributed by atoms with Crippen molar-refractivity contribution < 1.29 is 4.79 Å². The Balaban J connectivity index is 1.80. The lowest BCUT2D eigenvalue weighted by atomic mass is 10.1. The van der Waals surface area contributed by atoms with E-state index in [1.807, 2.05) is 12.1 Å². The molecule has 0 aliphatic carbocycles. The van der Waals surface area contributed by atoms with E-state index in [1.54, 1.807) is 12.1 Å². The first-order valence-corrected chi connectivity index (χ1v) is 7.84. The average molecular weight is 315 g/mol. The molecule has 0 atom stereocenters. The van der Waals surface area contributed by atoms with Gasteiger partial charge in [0.1, 0.15) is 0 Å². The third-order valence-corrected chi connectivity index (χ3v) is 4.37. The van der Waals surface area contributed by atoms with Crippen molar-refractivity contribution in [2.75, 3.05) is 0 Å². The lowest BCUT2D eigenvalue weighted by Gasteiger charge is -2.08. The number of fused-ring (bicyclic) bond motifs is 3. The van der Waals surface area contributed by atoms with Crippen LogP contribution in [-0.2, 0) is 6.54 Å². The largest absolute Gasteiger partial charge is 0.336 e. The van der Waals surface area contributed by atoms with Gasteiger partial charge in [-0.3, -0.25) is 10.2 Å². The molecule has 3 N–H and O–H groups in total. The normalized spacial score (nSPS) is 11.0. The van der Waals surface area contributed by atoms with Crippen molar-refractivity contribution in [3.63, 3.8) is 0 Å². The minimum Gasteiger partial charge on any atom is -0.336 e. The molecule has 0 spiro atoms. The molecule has 4 nitrogen and oxygen atoms in total. The highest BCUT2D eigenvalue weighted by Gasteiger charge is 2.10. The molecule has 4 rings (SSSR count). The molecule has 0 aliphatic rings. The minimum atomic E-state index is -0.279. The van der Waals surface area contributed by atoms with Crippen LogP contribution in [0.1, 0.15) is 15.9 Å². The summed E-state index contributed by atoms with van der Waals surface area (Å²) in [7, 11) is 0. The second-order valence-corrected chi connectivity index (χ2v) is 5.79. The molecule has 24 heavy (non-hydrogen) atoms. The lowest BCUT2D eigenvalue weighted by molar-refractivity contribution is 0.0953. The van der Waals surface area contributed by atoms with Crippen molar-refractivity contribution in [1.29, 1.82) is 0 Å². The fourth-order valence-corrected chi connectivity index (χ4v) is 3.20. The van der Waals surface area contributed by atoms with E-state index >= 15 is 0 Å². The van der Waals surface area contributed by atoms with E-state index in [4.69, 9.17) is 5.84 Å². The van der Waals surface area contributed by atoms with Crippen LogP contribution in [0.3, 0.4) is 0 Å². The number of hydrazine groups is 1. The number of benzene rings is 3. The third kappa shape index (κ3) is 2.33. The van der Waals surface area contributed by atoms with E-state index in [9.17, 15) is 4.79 Å². The topological polar surface area (TPSA) is 60.0 Å². The molecular weight excluding hydrogens is 298 g/mol. The number of nitrogens with one attached hydrogen (secondary N) is 1. The number of carbonyl (C=O) groups excluding carboxylic acids is 1. The molecule has 4 heteroatoms. The molecule has 1 amide bonds. The number of hydrogen-bond donors (Lipinski definition) is 2. The van der Waals surface area contributed by atoms with Crippen LogP contribution in [-0.4, -0.2) is 10.5 Å². The number of hydrogen-bond acceptors (Lipinski definition) is 2. The Labute approximate surface area is 139 Å². The summed E-state index contributed by atoms with van der Waals surface area (Å²) >= 11 is 0. The maximum atomic E-state index is 11.6. The molecule has 0 bridgehead atoms. The van der Waals surface area contributed by atoms with Gasteiger partial charge < -0.3 is 4.57 Å². The van der Waals surface area contributed by atoms with Gasteiger partial charge in [-0.15, -0.1) is 0 Å². The molecule has 0 saturated heterocycles. The van der Waals surface area contributed by atoms with Crippen molar-refractivity contribution in [3.8, 4) is 0 Å². The standard InChI is InChI=1S/C20H17N3O/c21-22-20(24)15-11-9-14(10-12-15)13-23-18-7-3-1-5-16(18)17-6-2-4-8-19(17)23/h1-12H,13,21H2,(H,22,24). The van der Waals surface area contributed by atoms with Gasteiger partial charge in [0.05, 0.1) is 0 Å². The van der Waals surface area contributed by atoms with Gasteiger partial charge in [-0.2, -0.15) is 0 Å². The highest BCUT2D eigenvalue weighted by atomic mass is 16.2. The number of rotatable bonds is 3. The Morgan fingerprint density at radius 2 is 1.38 bits per heavy atom. The van der Waals surface area contributed by atoms with Gasteiger partial charge in [0, 0.05) is 33.9 Å². The Morgan fingerprint density at radius 1 is 0.833 bits per heavy atom. The van der Waals surface area contributed by atoms with E-state index in [0.29, 0.717) is 5.56 Å². The van der Waals surface area contributed by atoms with Gasteiger partial charge in [0.2, 0.25) is 0 Å². The number of amides is 1. The van der Waals surface area contributed by atoms with Crippen molar-refractivity contribution in [2.45, 2.75) is 6.54 Å². The fraction of sp³-hybridized carbons (Fsp3) is 0.0500. The summed E-state index contributed by atoms with van der Waals surface area (Å²) in [6.07, 6.45) is 0. The van der Waals surface area contributed by atoms with Crippen LogP contribution in [0.5, 0.6) is 0 Å². The zero-order valence-corrected chi connectivity index (χ0v) is 13.1. The Kier molecular flexibility index (Phi) is 3.52. The molecule has 4 aromatic rings. The smallest absolute Gasteiger partial charge is 0.265 e. The molecule has 0 radical (unpaired) electrons. The van der Waals surface area contributed by atoms with Crippen LogP contribution in [0.25, 0.3) is 21.8 Å². The SMILES string of the molecule is NNC(=O)c1ccc(Cn2c3ccccc3c3ccccc32)cc1. The first kappa shape index (κ1) is 14.5. The second kappa shape index (κ2) is 5.83. The summed E-state index contributed by atoms with van der Waals surface area (Å²) in [5.41, 5.74) is 6.26.